The predicted molar refractivity (Wildman–Crippen MR) is 94.8 cm³/mol. The Balaban J connectivity index is 2.52. The molecule has 0 bridgehead atoms. The van der Waals surface area contributed by atoms with E-state index >= 15 is 0 Å². The molecule has 1 heterocycles. The second-order valence-corrected chi connectivity index (χ2v) is 5.95. The van der Waals surface area contributed by atoms with Gasteiger partial charge in [-0.1, -0.05) is 5.21 Å². The van der Waals surface area contributed by atoms with E-state index in [9.17, 15) is 9.59 Å². The quantitative estimate of drug-likeness (QED) is 0.411. The number of anilines is 1. The molecule has 0 radical (unpaired) electrons. The third-order valence-corrected chi connectivity index (χ3v) is 3.74. The van der Waals surface area contributed by atoms with Gasteiger partial charge >= 0.3 is 11.9 Å². The molecule has 0 saturated heterocycles. The maximum absolute atomic E-state index is 12.1. The summed E-state index contributed by atoms with van der Waals surface area (Å²) in [5.41, 5.74) is 7.23. The van der Waals surface area contributed by atoms with E-state index < -0.39 is 11.9 Å². The number of nitrogens with two attached hydrogens (primary N) is 1. The molecule has 0 amide bonds. The number of carbonyl (C=O) groups excluding carboxylic acids is 2. The van der Waals surface area contributed by atoms with Crippen LogP contribution in [0.3, 0.4) is 0 Å². The average molecular weight is 444 g/mol. The lowest BCUT2D eigenvalue weighted by molar-refractivity contribution is -0.142. The lowest BCUT2D eigenvalue weighted by Crippen LogP contribution is -2.16. The molecule has 0 fully saturated rings. The molecule has 128 valence electrons. The minimum Gasteiger partial charge on any atom is -0.466 e. The Labute approximate surface area is 152 Å². The first kappa shape index (κ1) is 18.2. The number of ether oxygens (including phenoxy) is 2. The average Bonchev–Trinajstić information content (AvgIpc) is 2.93. The van der Waals surface area contributed by atoms with Crippen LogP contribution in [0.5, 0.6) is 0 Å². The molecular weight excluding hydrogens is 427 g/mol. The second-order valence-electron chi connectivity index (χ2n) is 4.70. The van der Waals surface area contributed by atoms with Crippen LogP contribution in [0.15, 0.2) is 18.2 Å². The van der Waals surface area contributed by atoms with E-state index in [1.165, 1.54) is 4.68 Å². The summed E-state index contributed by atoms with van der Waals surface area (Å²) in [6.45, 7) is 3.82. The van der Waals surface area contributed by atoms with Crippen molar-refractivity contribution in [1.29, 1.82) is 0 Å². The third-order valence-electron chi connectivity index (χ3n) is 3.07. The first-order valence-electron chi connectivity index (χ1n) is 7.30. The van der Waals surface area contributed by atoms with E-state index in [1.54, 1.807) is 26.0 Å². The number of hydrogen-bond acceptors (Lipinski definition) is 7. The van der Waals surface area contributed by atoms with Gasteiger partial charge in [-0.2, -0.15) is 0 Å². The van der Waals surface area contributed by atoms with Crippen LogP contribution >= 0.6 is 22.6 Å². The van der Waals surface area contributed by atoms with Gasteiger partial charge in [-0.15, -0.1) is 5.10 Å². The topological polar surface area (TPSA) is 109 Å². The summed E-state index contributed by atoms with van der Waals surface area (Å²) in [5, 5.41) is 7.85. The van der Waals surface area contributed by atoms with Gasteiger partial charge in [0.1, 0.15) is 0 Å². The highest BCUT2D eigenvalue weighted by Gasteiger charge is 2.25. The number of aromatic nitrogens is 3. The number of nitrogens with zero attached hydrogens (tertiary/aromatic N) is 3. The molecular formula is C15H17IN4O4. The molecule has 0 saturated carbocycles. The molecule has 2 aromatic rings. The highest BCUT2D eigenvalue weighted by Crippen LogP contribution is 2.23. The van der Waals surface area contributed by atoms with Gasteiger partial charge in [0.05, 0.1) is 36.7 Å². The Morgan fingerprint density at radius 3 is 2.62 bits per heavy atom. The Morgan fingerprint density at radius 1 is 1.25 bits per heavy atom. The molecule has 0 aliphatic rings. The Morgan fingerprint density at radius 2 is 1.96 bits per heavy atom. The third kappa shape index (κ3) is 4.02. The van der Waals surface area contributed by atoms with Gasteiger partial charge in [-0.3, -0.25) is 4.79 Å². The standard InChI is InChI=1S/C15H17IN4O4/c1-3-23-13(21)8-12-14(15(22)24-4-2)18-19-20(12)11-7-9(16)5-6-10(11)17/h5-7H,3-4,8,17H2,1-2H3. The SMILES string of the molecule is CCOC(=O)Cc1c(C(=O)OCC)nnn1-c1cc(I)ccc1N. The van der Waals surface area contributed by atoms with Gasteiger partial charge in [0.25, 0.3) is 0 Å². The summed E-state index contributed by atoms with van der Waals surface area (Å²) >= 11 is 2.13. The van der Waals surface area contributed by atoms with E-state index in [1.807, 2.05) is 6.07 Å². The Kier molecular flexibility index (Phi) is 6.12. The number of carbonyl (C=O) groups is 2. The van der Waals surface area contributed by atoms with Crippen LogP contribution in [-0.2, 0) is 20.7 Å². The number of rotatable bonds is 6. The van der Waals surface area contributed by atoms with Crippen LogP contribution in [-0.4, -0.2) is 40.1 Å². The van der Waals surface area contributed by atoms with Crippen molar-refractivity contribution in [1.82, 2.24) is 15.0 Å². The second kappa shape index (κ2) is 8.08. The molecule has 8 nitrogen and oxygen atoms in total. The highest BCUT2D eigenvalue weighted by atomic mass is 127. The highest BCUT2D eigenvalue weighted by molar-refractivity contribution is 14.1. The van der Waals surface area contributed by atoms with Gasteiger partial charge in [0.15, 0.2) is 5.69 Å². The van der Waals surface area contributed by atoms with E-state index in [0.717, 1.165) is 3.57 Å². The lowest BCUT2D eigenvalue weighted by atomic mass is 10.2. The molecule has 0 unspecified atom stereocenters. The van der Waals surface area contributed by atoms with Crippen molar-refractivity contribution in [2.75, 3.05) is 18.9 Å². The van der Waals surface area contributed by atoms with E-state index in [0.29, 0.717) is 11.4 Å². The van der Waals surface area contributed by atoms with E-state index in [4.69, 9.17) is 15.2 Å². The number of hydrogen-bond donors (Lipinski definition) is 1. The van der Waals surface area contributed by atoms with Crippen molar-refractivity contribution in [3.05, 3.63) is 33.2 Å². The van der Waals surface area contributed by atoms with Crippen LogP contribution in [0.4, 0.5) is 5.69 Å². The molecule has 0 aliphatic heterocycles. The van der Waals surface area contributed by atoms with Gasteiger partial charge in [-0.05, 0) is 54.6 Å². The fraction of sp³-hybridized carbons (Fsp3) is 0.333. The van der Waals surface area contributed by atoms with Crippen molar-refractivity contribution < 1.29 is 19.1 Å². The molecule has 24 heavy (non-hydrogen) atoms. The molecule has 9 heteroatoms. The van der Waals surface area contributed by atoms with Crippen molar-refractivity contribution in [2.45, 2.75) is 20.3 Å². The largest absolute Gasteiger partial charge is 0.466 e. The van der Waals surface area contributed by atoms with Crippen LogP contribution < -0.4 is 5.73 Å². The van der Waals surface area contributed by atoms with Crippen LogP contribution in [0.25, 0.3) is 5.69 Å². The summed E-state index contributed by atoms with van der Waals surface area (Å²) in [7, 11) is 0. The summed E-state index contributed by atoms with van der Waals surface area (Å²) in [4.78, 5) is 24.0. The zero-order valence-corrected chi connectivity index (χ0v) is 15.4. The first-order valence-corrected chi connectivity index (χ1v) is 8.38. The molecule has 0 aliphatic carbocycles. The van der Waals surface area contributed by atoms with Crippen molar-refractivity contribution in [2.24, 2.45) is 0 Å². The maximum Gasteiger partial charge on any atom is 0.360 e. The first-order chi connectivity index (χ1) is 11.5. The predicted octanol–water partition coefficient (Wildman–Crippen LogP) is 1.74. The number of halogens is 1. The van der Waals surface area contributed by atoms with Gasteiger partial charge < -0.3 is 15.2 Å². The smallest absolute Gasteiger partial charge is 0.360 e. The van der Waals surface area contributed by atoms with Crippen LogP contribution in [0.2, 0.25) is 0 Å². The molecule has 0 spiro atoms. The fourth-order valence-electron chi connectivity index (χ4n) is 2.06. The van der Waals surface area contributed by atoms with Crippen molar-refractivity contribution >= 4 is 40.2 Å². The molecule has 0 atom stereocenters. The minimum atomic E-state index is -0.646. The lowest BCUT2D eigenvalue weighted by Gasteiger charge is -2.10. The molecule has 2 rings (SSSR count). The summed E-state index contributed by atoms with van der Waals surface area (Å²) in [5.74, 6) is -1.14. The van der Waals surface area contributed by atoms with Gasteiger partial charge in [0.2, 0.25) is 0 Å². The van der Waals surface area contributed by atoms with Crippen LogP contribution in [0, 0.1) is 3.57 Å². The summed E-state index contributed by atoms with van der Waals surface area (Å²) in [6, 6.07) is 5.35. The Bertz CT molecular complexity index is 760. The fourth-order valence-corrected chi connectivity index (χ4v) is 2.54. The minimum absolute atomic E-state index is 0.0248. The zero-order chi connectivity index (χ0) is 17.7. The Hall–Kier alpha value is -2.17. The van der Waals surface area contributed by atoms with Crippen molar-refractivity contribution in [3.8, 4) is 5.69 Å². The molecule has 1 aromatic heterocycles. The van der Waals surface area contributed by atoms with Crippen LogP contribution in [0.1, 0.15) is 30.0 Å². The molecule has 1 aromatic carbocycles. The van der Waals surface area contributed by atoms with Crippen molar-refractivity contribution in [3.63, 3.8) is 0 Å². The van der Waals surface area contributed by atoms with E-state index in [2.05, 4.69) is 32.9 Å². The van der Waals surface area contributed by atoms with Gasteiger partial charge in [-0.25, -0.2) is 9.48 Å². The normalized spacial score (nSPS) is 10.5. The number of nitrogen functional groups attached to an aromatic ring is 1. The monoisotopic (exact) mass is 444 g/mol. The maximum atomic E-state index is 12.1. The summed E-state index contributed by atoms with van der Waals surface area (Å²) < 4.78 is 12.2. The number of esters is 2. The molecule has 2 N–H and O–H groups in total. The van der Waals surface area contributed by atoms with E-state index in [-0.39, 0.29) is 31.0 Å². The van der Waals surface area contributed by atoms with Gasteiger partial charge in [0, 0.05) is 3.57 Å². The number of benzene rings is 1. The zero-order valence-electron chi connectivity index (χ0n) is 13.3. The summed E-state index contributed by atoms with van der Waals surface area (Å²) in [6.07, 6.45) is -0.167.